The van der Waals surface area contributed by atoms with Crippen molar-refractivity contribution in [1.82, 2.24) is 0 Å². The van der Waals surface area contributed by atoms with Gasteiger partial charge in [0.2, 0.25) is 5.91 Å². The Morgan fingerprint density at radius 1 is 1.14 bits per heavy atom. The fourth-order valence-electron chi connectivity index (χ4n) is 3.66. The molecule has 0 radical (unpaired) electrons. The number of esters is 1. The summed E-state index contributed by atoms with van der Waals surface area (Å²) in [6, 6.07) is 9.28. The molecule has 3 rings (SSSR count). The lowest BCUT2D eigenvalue weighted by Crippen LogP contribution is -2.34. The first-order chi connectivity index (χ1) is 16.2. The summed E-state index contributed by atoms with van der Waals surface area (Å²) >= 11 is 12.0. The highest BCUT2D eigenvalue weighted by Crippen LogP contribution is 2.56. The Morgan fingerprint density at radius 3 is 2.26 bits per heavy atom. The summed E-state index contributed by atoms with van der Waals surface area (Å²) < 4.78 is 72.9. The zero-order chi connectivity index (χ0) is 26.1. The molecule has 11 heteroatoms. The summed E-state index contributed by atoms with van der Waals surface area (Å²) in [4.78, 5) is 24.8. The third-order valence-corrected chi connectivity index (χ3v) is 6.34. The highest BCUT2D eigenvalue weighted by Gasteiger charge is 2.58. The number of ether oxygens (including phenoxy) is 1. The van der Waals surface area contributed by atoms with Crippen LogP contribution in [0.15, 0.2) is 48.5 Å². The van der Waals surface area contributed by atoms with E-state index < -0.39 is 48.1 Å². The molecular formula is C24H20Cl2F5NO3. The Bertz CT molecular complexity index is 1150. The van der Waals surface area contributed by atoms with Crippen LogP contribution in [0.1, 0.15) is 30.4 Å². The van der Waals surface area contributed by atoms with Gasteiger partial charge in [-0.25, -0.2) is 13.6 Å². The lowest BCUT2D eigenvalue weighted by Gasteiger charge is -2.26. The number of amides is 1. The number of rotatable bonds is 7. The van der Waals surface area contributed by atoms with E-state index in [9.17, 15) is 31.5 Å². The van der Waals surface area contributed by atoms with Crippen molar-refractivity contribution in [1.29, 1.82) is 0 Å². The average Bonchev–Trinajstić information content (AvgIpc) is 3.41. The van der Waals surface area contributed by atoms with Crippen molar-refractivity contribution >= 4 is 46.3 Å². The number of carbonyl (C=O) groups is 2. The largest absolute Gasteiger partial charge is 0.466 e. The first-order valence-corrected chi connectivity index (χ1v) is 11.1. The third-order valence-electron chi connectivity index (χ3n) is 5.76. The van der Waals surface area contributed by atoms with Gasteiger partial charge in [0.25, 0.3) is 5.92 Å². The molecule has 0 spiro atoms. The van der Waals surface area contributed by atoms with E-state index in [4.69, 9.17) is 23.2 Å². The van der Waals surface area contributed by atoms with Gasteiger partial charge in [0.15, 0.2) is 0 Å². The number of hydrogen-bond acceptors (Lipinski definition) is 3. The molecule has 2 aromatic carbocycles. The Balaban J connectivity index is 1.98. The van der Waals surface area contributed by atoms with Gasteiger partial charge in [0.05, 0.1) is 35.6 Å². The molecule has 1 saturated carbocycles. The second-order valence-corrected chi connectivity index (χ2v) is 9.03. The Labute approximate surface area is 208 Å². The fraction of sp³-hybridized carbons (Fsp3) is 0.333. The van der Waals surface area contributed by atoms with Crippen LogP contribution >= 0.6 is 23.2 Å². The van der Waals surface area contributed by atoms with Crippen LogP contribution in [0.3, 0.4) is 0 Å². The van der Waals surface area contributed by atoms with E-state index in [1.54, 1.807) is 0 Å². The average molecular weight is 536 g/mol. The highest BCUT2D eigenvalue weighted by atomic mass is 35.5. The second kappa shape index (κ2) is 10.1. The molecule has 35 heavy (non-hydrogen) atoms. The molecule has 0 saturated heterocycles. The summed E-state index contributed by atoms with van der Waals surface area (Å²) in [7, 11) is 1.09. The summed E-state index contributed by atoms with van der Waals surface area (Å²) in [5.74, 6) is -9.85. The van der Waals surface area contributed by atoms with E-state index in [-0.39, 0.29) is 32.4 Å². The first-order valence-electron chi connectivity index (χ1n) is 10.3. The molecule has 1 aliphatic rings. The minimum absolute atomic E-state index is 0.0309. The maximum absolute atomic E-state index is 13.8. The van der Waals surface area contributed by atoms with E-state index in [2.05, 4.69) is 10.1 Å². The lowest BCUT2D eigenvalue weighted by molar-refractivity contribution is -0.178. The monoisotopic (exact) mass is 535 g/mol. The summed E-state index contributed by atoms with van der Waals surface area (Å²) in [6.07, 6.45) is -4.26. The molecule has 4 nitrogen and oxygen atoms in total. The van der Waals surface area contributed by atoms with Gasteiger partial charge in [-0.3, -0.25) is 4.79 Å². The van der Waals surface area contributed by atoms with Crippen molar-refractivity contribution in [3.05, 3.63) is 69.7 Å². The molecule has 1 aliphatic carbocycles. The quantitative estimate of drug-likeness (QED) is 0.233. The van der Waals surface area contributed by atoms with E-state index in [0.29, 0.717) is 0 Å². The Morgan fingerprint density at radius 2 is 1.74 bits per heavy atom. The summed E-state index contributed by atoms with van der Waals surface area (Å²) in [5, 5.41) is 2.64. The van der Waals surface area contributed by atoms with Crippen molar-refractivity contribution in [2.75, 3.05) is 12.4 Å². The van der Waals surface area contributed by atoms with Crippen LogP contribution in [0.25, 0.3) is 5.57 Å². The molecule has 1 unspecified atom stereocenters. The minimum atomic E-state index is -4.69. The molecule has 0 heterocycles. The third kappa shape index (κ3) is 6.32. The number of anilines is 1. The highest BCUT2D eigenvalue weighted by molar-refractivity contribution is 6.34. The van der Waals surface area contributed by atoms with Gasteiger partial charge in [-0.15, -0.1) is 0 Å². The summed E-state index contributed by atoms with van der Waals surface area (Å²) in [6.45, 7) is 0.878. The number of hydrogen-bond donors (Lipinski definition) is 1. The van der Waals surface area contributed by atoms with Crippen LogP contribution in [0.4, 0.5) is 27.6 Å². The van der Waals surface area contributed by atoms with Gasteiger partial charge in [0, 0.05) is 17.5 Å². The van der Waals surface area contributed by atoms with Crippen LogP contribution in [-0.4, -0.2) is 31.1 Å². The number of halogens is 7. The van der Waals surface area contributed by atoms with E-state index in [1.165, 1.54) is 42.5 Å². The van der Waals surface area contributed by atoms with Crippen LogP contribution in [0, 0.1) is 11.8 Å². The molecule has 2 aromatic rings. The van der Waals surface area contributed by atoms with Crippen molar-refractivity contribution in [2.45, 2.75) is 31.4 Å². The van der Waals surface area contributed by atoms with Crippen molar-refractivity contribution in [3.63, 3.8) is 0 Å². The van der Waals surface area contributed by atoms with Crippen molar-refractivity contribution in [3.8, 4) is 0 Å². The number of methoxy groups -OCH3 is 1. The Kier molecular flexibility index (Phi) is 7.81. The van der Waals surface area contributed by atoms with Gasteiger partial charge in [0.1, 0.15) is 0 Å². The van der Waals surface area contributed by atoms with Crippen LogP contribution in [-0.2, 0) is 14.3 Å². The predicted molar refractivity (Wildman–Crippen MR) is 123 cm³/mol. The van der Waals surface area contributed by atoms with Gasteiger partial charge in [-0.2, -0.15) is 13.2 Å². The van der Waals surface area contributed by atoms with E-state index in [1.807, 2.05) is 0 Å². The molecule has 0 bridgehead atoms. The van der Waals surface area contributed by atoms with Gasteiger partial charge < -0.3 is 10.1 Å². The van der Waals surface area contributed by atoms with Gasteiger partial charge >= 0.3 is 12.1 Å². The number of nitrogens with one attached hydrogen (secondary N) is 1. The number of benzene rings is 2. The molecule has 0 aromatic heterocycles. The molecule has 188 valence electrons. The van der Waals surface area contributed by atoms with Crippen LogP contribution in [0.2, 0.25) is 10.0 Å². The van der Waals surface area contributed by atoms with Crippen LogP contribution in [0.5, 0.6) is 0 Å². The zero-order valence-electron chi connectivity index (χ0n) is 18.4. The SMILES string of the molecule is COC(=O)/C=C(/c1ccc(Cl)c(NC(=O)[C@H](c2ccc(Cl)cc2)[C@@H](C)C(F)(F)F)c1)C1CC1(F)F. The molecule has 1 amide bonds. The lowest BCUT2D eigenvalue weighted by atomic mass is 9.85. The molecule has 1 fully saturated rings. The van der Waals surface area contributed by atoms with Crippen molar-refractivity contribution < 1.29 is 36.3 Å². The standard InChI is InChI=1S/C24H20Cl2F5NO3/c1-12(24(29,30)31)21(13-3-6-15(25)7-4-13)22(34)32-19-9-14(5-8-18(19)26)16(10-20(33)35-2)17-11-23(17,27)28/h3-10,12,17,21H,11H2,1-2H3,(H,32,34)/b16-10-/t12-,17?,21+/m1/s1. The maximum Gasteiger partial charge on any atom is 0.392 e. The van der Waals surface area contributed by atoms with Gasteiger partial charge in [-0.05, 0) is 41.0 Å². The zero-order valence-corrected chi connectivity index (χ0v) is 19.9. The second-order valence-electron chi connectivity index (χ2n) is 8.18. The van der Waals surface area contributed by atoms with Crippen molar-refractivity contribution in [2.24, 2.45) is 11.8 Å². The normalized spacial score (nSPS) is 19.0. The predicted octanol–water partition coefficient (Wildman–Crippen LogP) is 7.13. The molecular weight excluding hydrogens is 516 g/mol. The minimum Gasteiger partial charge on any atom is -0.466 e. The van der Waals surface area contributed by atoms with Gasteiger partial charge in [-0.1, -0.05) is 48.3 Å². The maximum atomic E-state index is 13.8. The first kappa shape index (κ1) is 26.9. The topological polar surface area (TPSA) is 55.4 Å². The van der Waals surface area contributed by atoms with E-state index >= 15 is 0 Å². The molecule has 3 atom stereocenters. The Hall–Kier alpha value is -2.65. The number of allylic oxidation sites excluding steroid dienone is 1. The molecule has 0 aliphatic heterocycles. The summed E-state index contributed by atoms with van der Waals surface area (Å²) in [5.41, 5.74) is 0.0891. The smallest absolute Gasteiger partial charge is 0.392 e. The molecule has 1 N–H and O–H groups in total. The number of alkyl halides is 5. The number of carbonyl (C=O) groups excluding carboxylic acids is 2. The van der Waals surface area contributed by atoms with Crippen LogP contribution < -0.4 is 5.32 Å². The van der Waals surface area contributed by atoms with E-state index in [0.717, 1.165) is 20.1 Å². The fourth-order valence-corrected chi connectivity index (χ4v) is 3.95.